The normalized spacial score (nSPS) is 32.7. The lowest BCUT2D eigenvalue weighted by Crippen LogP contribution is -2.55. The Morgan fingerprint density at radius 1 is 1.29 bits per heavy atom. The minimum Gasteiger partial charge on any atom is -0.373 e. The van der Waals surface area contributed by atoms with E-state index < -0.39 is 0 Å². The third-order valence-corrected chi connectivity index (χ3v) is 4.22. The molecule has 3 N–H and O–H groups in total. The first-order valence-corrected chi connectivity index (χ1v) is 7.05. The molecule has 1 aliphatic carbocycles. The first-order chi connectivity index (χ1) is 8.26. The first-order valence-electron chi connectivity index (χ1n) is 7.05. The standard InChI is InChI=1S/C14H26N2O/c1-14(10-6-7-11-17-14)13(16-15)12-8-4-2-3-5-9-12/h8,13,16H,2-7,9-11,15H2,1H3. The molecule has 3 heteroatoms. The minimum atomic E-state index is -0.108. The van der Waals surface area contributed by atoms with Gasteiger partial charge in [0.2, 0.25) is 0 Å². The molecule has 0 aromatic heterocycles. The number of nitrogens with one attached hydrogen (secondary N) is 1. The Hall–Kier alpha value is -0.380. The molecule has 2 unspecified atom stereocenters. The Morgan fingerprint density at radius 2 is 2.18 bits per heavy atom. The van der Waals surface area contributed by atoms with E-state index in [9.17, 15) is 0 Å². The van der Waals surface area contributed by atoms with Gasteiger partial charge in [-0.25, -0.2) is 0 Å². The van der Waals surface area contributed by atoms with Crippen molar-refractivity contribution in [3.05, 3.63) is 11.6 Å². The molecule has 2 rings (SSSR count). The summed E-state index contributed by atoms with van der Waals surface area (Å²) >= 11 is 0. The van der Waals surface area contributed by atoms with Crippen LogP contribution in [0.15, 0.2) is 11.6 Å². The number of ether oxygens (including phenoxy) is 1. The number of hydrogen-bond donors (Lipinski definition) is 2. The zero-order chi connectivity index (χ0) is 12.1. The molecule has 2 atom stereocenters. The summed E-state index contributed by atoms with van der Waals surface area (Å²) in [6.45, 7) is 3.09. The van der Waals surface area contributed by atoms with Crippen molar-refractivity contribution in [1.82, 2.24) is 5.43 Å². The van der Waals surface area contributed by atoms with Gasteiger partial charge in [0.15, 0.2) is 0 Å². The Kier molecular flexibility index (Phi) is 4.60. The van der Waals surface area contributed by atoms with Gasteiger partial charge < -0.3 is 4.74 Å². The van der Waals surface area contributed by atoms with Gasteiger partial charge in [0.05, 0.1) is 11.6 Å². The minimum absolute atomic E-state index is 0.108. The molecule has 0 aromatic rings. The number of allylic oxidation sites excluding steroid dienone is 1. The SMILES string of the molecule is CC1(C(NN)C2=CCCCCC2)CCCCO1. The van der Waals surface area contributed by atoms with E-state index in [1.54, 1.807) is 0 Å². The summed E-state index contributed by atoms with van der Waals surface area (Å²) in [5.74, 6) is 5.80. The first kappa shape index (κ1) is 13.1. The molecule has 1 heterocycles. The van der Waals surface area contributed by atoms with Crippen molar-refractivity contribution in [3.63, 3.8) is 0 Å². The quantitative estimate of drug-likeness (QED) is 0.451. The topological polar surface area (TPSA) is 47.3 Å². The molecule has 0 radical (unpaired) electrons. The van der Waals surface area contributed by atoms with Crippen LogP contribution in [0.1, 0.15) is 58.3 Å². The molecule has 3 nitrogen and oxygen atoms in total. The number of rotatable bonds is 3. The fourth-order valence-electron chi connectivity index (χ4n) is 3.16. The van der Waals surface area contributed by atoms with E-state index in [-0.39, 0.29) is 11.6 Å². The van der Waals surface area contributed by atoms with Crippen LogP contribution in [0.4, 0.5) is 0 Å². The van der Waals surface area contributed by atoms with Gasteiger partial charge in [0.25, 0.3) is 0 Å². The Labute approximate surface area is 105 Å². The molecule has 0 spiro atoms. The van der Waals surface area contributed by atoms with Crippen LogP contribution in [0.25, 0.3) is 0 Å². The average Bonchev–Trinajstić information content (AvgIpc) is 2.60. The Morgan fingerprint density at radius 3 is 2.88 bits per heavy atom. The van der Waals surface area contributed by atoms with Gasteiger partial charge in [-0.2, -0.15) is 0 Å². The second kappa shape index (κ2) is 5.98. The van der Waals surface area contributed by atoms with Crippen LogP contribution in [0, 0.1) is 0 Å². The third-order valence-electron chi connectivity index (χ3n) is 4.22. The van der Waals surface area contributed by atoms with Crippen LogP contribution >= 0.6 is 0 Å². The van der Waals surface area contributed by atoms with Crippen molar-refractivity contribution in [1.29, 1.82) is 0 Å². The van der Waals surface area contributed by atoms with Crippen LogP contribution in [-0.4, -0.2) is 18.2 Å². The highest BCUT2D eigenvalue weighted by Crippen LogP contribution is 2.33. The van der Waals surface area contributed by atoms with Crippen molar-refractivity contribution in [3.8, 4) is 0 Å². The van der Waals surface area contributed by atoms with Gasteiger partial charge in [0.1, 0.15) is 0 Å². The zero-order valence-corrected chi connectivity index (χ0v) is 11.0. The van der Waals surface area contributed by atoms with Crippen LogP contribution in [-0.2, 0) is 4.74 Å². The molecule has 17 heavy (non-hydrogen) atoms. The fourth-order valence-corrected chi connectivity index (χ4v) is 3.16. The van der Waals surface area contributed by atoms with E-state index in [0.29, 0.717) is 0 Å². The maximum atomic E-state index is 6.03. The van der Waals surface area contributed by atoms with Crippen LogP contribution < -0.4 is 11.3 Å². The van der Waals surface area contributed by atoms with Gasteiger partial charge in [-0.1, -0.05) is 18.1 Å². The second-order valence-corrected chi connectivity index (χ2v) is 5.60. The Balaban J connectivity index is 2.10. The Bertz CT molecular complexity index is 269. The van der Waals surface area contributed by atoms with Crippen LogP contribution in [0.5, 0.6) is 0 Å². The van der Waals surface area contributed by atoms with E-state index >= 15 is 0 Å². The summed E-state index contributed by atoms with van der Waals surface area (Å²) in [6, 6.07) is 0.195. The van der Waals surface area contributed by atoms with Gasteiger partial charge >= 0.3 is 0 Å². The van der Waals surface area contributed by atoms with Gasteiger partial charge in [0, 0.05) is 6.61 Å². The summed E-state index contributed by atoms with van der Waals surface area (Å²) in [5.41, 5.74) is 4.38. The van der Waals surface area contributed by atoms with Crippen molar-refractivity contribution in [2.75, 3.05) is 6.61 Å². The second-order valence-electron chi connectivity index (χ2n) is 5.60. The largest absolute Gasteiger partial charge is 0.373 e. The average molecular weight is 238 g/mol. The summed E-state index contributed by atoms with van der Waals surface area (Å²) in [6.07, 6.45) is 12.3. The third kappa shape index (κ3) is 3.09. The lowest BCUT2D eigenvalue weighted by molar-refractivity contribution is -0.0816. The lowest BCUT2D eigenvalue weighted by Gasteiger charge is -2.41. The van der Waals surface area contributed by atoms with Crippen molar-refractivity contribution in [2.45, 2.75) is 69.9 Å². The smallest absolute Gasteiger partial charge is 0.0858 e. The highest BCUT2D eigenvalue weighted by Gasteiger charge is 2.38. The van der Waals surface area contributed by atoms with Gasteiger partial charge in [-0.3, -0.25) is 11.3 Å². The summed E-state index contributed by atoms with van der Waals surface area (Å²) in [7, 11) is 0. The summed E-state index contributed by atoms with van der Waals surface area (Å²) < 4.78 is 6.03. The molecule has 1 aliphatic heterocycles. The maximum absolute atomic E-state index is 6.03. The lowest BCUT2D eigenvalue weighted by atomic mass is 9.83. The van der Waals surface area contributed by atoms with Gasteiger partial charge in [-0.05, 0) is 51.9 Å². The van der Waals surface area contributed by atoms with Crippen LogP contribution in [0.2, 0.25) is 0 Å². The molecule has 1 saturated heterocycles. The van der Waals surface area contributed by atoms with E-state index in [4.69, 9.17) is 10.6 Å². The molecule has 1 fully saturated rings. The van der Waals surface area contributed by atoms with Crippen molar-refractivity contribution in [2.24, 2.45) is 5.84 Å². The predicted octanol–water partition coefficient (Wildman–Crippen LogP) is 2.67. The molecule has 2 aliphatic rings. The number of hydrogen-bond acceptors (Lipinski definition) is 3. The summed E-state index contributed by atoms with van der Waals surface area (Å²) in [4.78, 5) is 0. The summed E-state index contributed by atoms with van der Waals surface area (Å²) in [5, 5.41) is 0. The maximum Gasteiger partial charge on any atom is 0.0858 e. The number of hydrazine groups is 1. The molecular weight excluding hydrogens is 212 g/mol. The van der Waals surface area contributed by atoms with E-state index in [0.717, 1.165) is 13.0 Å². The molecule has 0 amide bonds. The zero-order valence-electron chi connectivity index (χ0n) is 11.0. The predicted molar refractivity (Wildman–Crippen MR) is 70.5 cm³/mol. The molecule has 0 bridgehead atoms. The monoisotopic (exact) mass is 238 g/mol. The fraction of sp³-hybridized carbons (Fsp3) is 0.857. The highest BCUT2D eigenvalue weighted by atomic mass is 16.5. The van der Waals surface area contributed by atoms with E-state index in [1.807, 2.05) is 0 Å². The highest BCUT2D eigenvalue weighted by molar-refractivity contribution is 5.18. The van der Waals surface area contributed by atoms with Crippen molar-refractivity contribution >= 4 is 0 Å². The molecule has 98 valence electrons. The van der Waals surface area contributed by atoms with Crippen molar-refractivity contribution < 1.29 is 4.74 Å². The molecular formula is C14H26N2O. The van der Waals surface area contributed by atoms with E-state index in [2.05, 4.69) is 18.4 Å². The van der Waals surface area contributed by atoms with Crippen LogP contribution in [0.3, 0.4) is 0 Å². The molecule has 0 saturated carbocycles. The number of nitrogens with two attached hydrogens (primary N) is 1. The molecule has 0 aromatic carbocycles. The van der Waals surface area contributed by atoms with E-state index in [1.165, 1.54) is 50.5 Å². The van der Waals surface area contributed by atoms with Gasteiger partial charge in [-0.15, -0.1) is 0 Å².